The SMILES string of the molecule is Cc1cccn2c(C)c(C(O)=C3C(=O)C(=O)N(CCc4ccccc4)C3c3ccc(Br)cc3)nc12. The molecule has 7 heteroatoms. The zero-order valence-electron chi connectivity index (χ0n) is 19.4. The fourth-order valence-corrected chi connectivity index (χ4v) is 4.93. The molecule has 35 heavy (non-hydrogen) atoms. The standard InChI is InChI=1S/C28H24BrN3O3/c1-17-7-6-15-31-18(2)23(30-27(17)31)25(33)22-24(20-10-12-21(29)13-11-20)32(28(35)26(22)34)16-14-19-8-4-3-5-9-19/h3-13,15,24,33H,14,16H2,1-2H3. The maximum atomic E-state index is 13.3. The van der Waals surface area contributed by atoms with Gasteiger partial charge in [0, 0.05) is 17.2 Å². The van der Waals surface area contributed by atoms with Crippen LogP contribution in [0.2, 0.25) is 0 Å². The van der Waals surface area contributed by atoms with Crippen LogP contribution in [0, 0.1) is 13.8 Å². The summed E-state index contributed by atoms with van der Waals surface area (Å²) in [5.41, 5.74) is 4.53. The van der Waals surface area contributed by atoms with Gasteiger partial charge in [-0.25, -0.2) is 4.98 Å². The first-order chi connectivity index (χ1) is 16.9. The Balaban J connectivity index is 1.64. The molecule has 0 saturated carbocycles. The van der Waals surface area contributed by atoms with Crippen molar-refractivity contribution in [3.05, 3.63) is 111 Å². The molecule has 1 unspecified atom stereocenters. The van der Waals surface area contributed by atoms with E-state index >= 15 is 0 Å². The summed E-state index contributed by atoms with van der Waals surface area (Å²) in [6.07, 6.45) is 2.46. The second-order valence-electron chi connectivity index (χ2n) is 8.71. The summed E-state index contributed by atoms with van der Waals surface area (Å²) in [4.78, 5) is 32.8. The molecular formula is C28H24BrN3O3. The predicted octanol–water partition coefficient (Wildman–Crippen LogP) is 5.38. The maximum absolute atomic E-state index is 13.3. The Morgan fingerprint density at radius 1 is 1.00 bits per heavy atom. The topological polar surface area (TPSA) is 74.9 Å². The molecule has 0 aliphatic carbocycles. The Morgan fingerprint density at radius 2 is 1.71 bits per heavy atom. The average molecular weight is 530 g/mol. The molecule has 1 N–H and O–H groups in total. The average Bonchev–Trinajstić information content (AvgIpc) is 3.33. The summed E-state index contributed by atoms with van der Waals surface area (Å²) in [6, 6.07) is 20.4. The van der Waals surface area contributed by atoms with Gasteiger partial charge < -0.3 is 14.4 Å². The molecule has 1 aliphatic rings. The molecule has 4 aromatic rings. The summed E-state index contributed by atoms with van der Waals surface area (Å²) >= 11 is 3.45. The van der Waals surface area contributed by atoms with Crippen LogP contribution in [0.3, 0.4) is 0 Å². The molecule has 3 heterocycles. The predicted molar refractivity (Wildman–Crippen MR) is 138 cm³/mol. The lowest BCUT2D eigenvalue weighted by Crippen LogP contribution is -2.31. The number of aliphatic hydroxyl groups excluding tert-OH is 1. The van der Waals surface area contributed by atoms with E-state index in [9.17, 15) is 14.7 Å². The van der Waals surface area contributed by atoms with E-state index in [1.807, 2.05) is 91.2 Å². The van der Waals surface area contributed by atoms with Crippen molar-refractivity contribution in [2.45, 2.75) is 26.3 Å². The lowest BCUT2D eigenvalue weighted by atomic mass is 9.96. The summed E-state index contributed by atoms with van der Waals surface area (Å²) < 4.78 is 2.76. The summed E-state index contributed by atoms with van der Waals surface area (Å²) in [5.74, 6) is -1.57. The molecule has 0 spiro atoms. The number of nitrogens with zero attached hydrogens (tertiary/aromatic N) is 3. The third-order valence-electron chi connectivity index (χ3n) is 6.52. The highest BCUT2D eigenvalue weighted by Crippen LogP contribution is 2.40. The summed E-state index contributed by atoms with van der Waals surface area (Å²) in [5, 5.41) is 11.5. The fraction of sp³-hybridized carbons (Fsp3) is 0.179. The van der Waals surface area contributed by atoms with Gasteiger partial charge >= 0.3 is 0 Å². The number of hydrogen-bond acceptors (Lipinski definition) is 4. The Hall–Kier alpha value is -3.71. The molecule has 5 rings (SSSR count). The number of pyridine rings is 1. The maximum Gasteiger partial charge on any atom is 0.295 e. The van der Waals surface area contributed by atoms with Crippen molar-refractivity contribution in [2.24, 2.45) is 0 Å². The third-order valence-corrected chi connectivity index (χ3v) is 7.05. The molecule has 1 amide bonds. The number of benzene rings is 2. The Morgan fingerprint density at radius 3 is 2.40 bits per heavy atom. The van der Waals surface area contributed by atoms with E-state index in [0.29, 0.717) is 30.0 Å². The molecular weight excluding hydrogens is 506 g/mol. The van der Waals surface area contributed by atoms with Crippen LogP contribution in [0.15, 0.2) is 83.0 Å². The highest BCUT2D eigenvalue weighted by atomic mass is 79.9. The number of hydrogen-bond donors (Lipinski definition) is 1. The number of Topliss-reactive ketones (excluding diaryl/α,β-unsaturated/α-hetero) is 1. The number of halogens is 1. The number of aliphatic hydroxyl groups is 1. The first-order valence-electron chi connectivity index (χ1n) is 11.4. The summed E-state index contributed by atoms with van der Waals surface area (Å²) in [6.45, 7) is 4.12. The number of carbonyl (C=O) groups is 2. The fourth-order valence-electron chi connectivity index (χ4n) is 4.67. The van der Waals surface area contributed by atoms with E-state index in [1.54, 1.807) is 4.90 Å². The lowest BCUT2D eigenvalue weighted by Gasteiger charge is -2.25. The van der Waals surface area contributed by atoms with Gasteiger partial charge in [-0.15, -0.1) is 0 Å². The van der Waals surface area contributed by atoms with Crippen molar-refractivity contribution in [1.82, 2.24) is 14.3 Å². The van der Waals surface area contributed by atoms with Crippen LogP contribution < -0.4 is 0 Å². The van der Waals surface area contributed by atoms with Crippen LogP contribution in [0.25, 0.3) is 11.4 Å². The largest absolute Gasteiger partial charge is 0.505 e. The molecule has 0 radical (unpaired) electrons. The van der Waals surface area contributed by atoms with Gasteiger partial charge in [0.25, 0.3) is 11.7 Å². The number of rotatable bonds is 5. The number of amides is 1. The number of likely N-dealkylation sites (tertiary alicyclic amines) is 1. The quantitative estimate of drug-likeness (QED) is 0.214. The van der Waals surface area contributed by atoms with Crippen LogP contribution in [0.5, 0.6) is 0 Å². The van der Waals surface area contributed by atoms with Crippen LogP contribution in [0.1, 0.15) is 34.1 Å². The Kier molecular flexibility index (Phi) is 6.03. The van der Waals surface area contributed by atoms with Crippen LogP contribution in [0.4, 0.5) is 0 Å². The molecule has 176 valence electrons. The highest BCUT2D eigenvalue weighted by Gasteiger charge is 2.46. The van der Waals surface area contributed by atoms with Crippen LogP contribution in [-0.2, 0) is 16.0 Å². The van der Waals surface area contributed by atoms with Crippen molar-refractivity contribution in [3.63, 3.8) is 0 Å². The first-order valence-corrected chi connectivity index (χ1v) is 12.2. The van der Waals surface area contributed by atoms with Crippen molar-refractivity contribution in [3.8, 4) is 0 Å². The molecule has 2 aromatic heterocycles. The van der Waals surface area contributed by atoms with E-state index in [4.69, 9.17) is 0 Å². The zero-order valence-corrected chi connectivity index (χ0v) is 21.0. The van der Waals surface area contributed by atoms with Crippen molar-refractivity contribution in [1.29, 1.82) is 0 Å². The minimum atomic E-state index is -0.711. The smallest absolute Gasteiger partial charge is 0.295 e. The number of ketones is 1. The van der Waals surface area contributed by atoms with E-state index in [-0.39, 0.29) is 11.3 Å². The van der Waals surface area contributed by atoms with Crippen LogP contribution >= 0.6 is 15.9 Å². The van der Waals surface area contributed by atoms with E-state index in [0.717, 1.165) is 21.2 Å². The molecule has 1 atom stereocenters. The third kappa shape index (κ3) is 4.06. The molecule has 6 nitrogen and oxygen atoms in total. The second-order valence-corrected chi connectivity index (χ2v) is 9.63. The first kappa shape index (κ1) is 23.1. The Labute approximate surface area is 211 Å². The van der Waals surface area contributed by atoms with Crippen molar-refractivity contribution >= 4 is 39.0 Å². The van der Waals surface area contributed by atoms with Gasteiger partial charge in [0.2, 0.25) is 0 Å². The van der Waals surface area contributed by atoms with Crippen molar-refractivity contribution < 1.29 is 14.7 Å². The molecule has 0 bridgehead atoms. The normalized spacial score (nSPS) is 17.5. The monoisotopic (exact) mass is 529 g/mol. The van der Waals surface area contributed by atoms with Crippen molar-refractivity contribution in [2.75, 3.05) is 6.54 Å². The molecule has 1 saturated heterocycles. The zero-order chi connectivity index (χ0) is 24.7. The molecule has 1 fully saturated rings. The number of fused-ring (bicyclic) bond motifs is 1. The lowest BCUT2D eigenvalue weighted by molar-refractivity contribution is -0.139. The van der Waals surface area contributed by atoms with Crippen LogP contribution in [-0.4, -0.2) is 37.6 Å². The number of carbonyl (C=O) groups excluding carboxylic acids is 2. The van der Waals surface area contributed by atoms with E-state index in [1.165, 1.54) is 0 Å². The van der Waals surface area contributed by atoms with Gasteiger partial charge in [-0.2, -0.15) is 0 Å². The molecule has 2 aromatic carbocycles. The van der Waals surface area contributed by atoms with E-state index < -0.39 is 17.7 Å². The van der Waals surface area contributed by atoms with Gasteiger partial charge in [0.05, 0.1) is 17.3 Å². The minimum Gasteiger partial charge on any atom is -0.505 e. The summed E-state index contributed by atoms with van der Waals surface area (Å²) in [7, 11) is 0. The number of aromatic nitrogens is 2. The van der Waals surface area contributed by atoms with Gasteiger partial charge in [0.15, 0.2) is 5.76 Å². The van der Waals surface area contributed by atoms with Gasteiger partial charge in [-0.1, -0.05) is 64.5 Å². The number of imidazole rings is 1. The van der Waals surface area contributed by atoms with Gasteiger partial charge in [-0.3, -0.25) is 9.59 Å². The van der Waals surface area contributed by atoms with Gasteiger partial charge in [0.1, 0.15) is 11.3 Å². The minimum absolute atomic E-state index is 0.0644. The highest BCUT2D eigenvalue weighted by molar-refractivity contribution is 9.10. The van der Waals surface area contributed by atoms with Gasteiger partial charge in [-0.05, 0) is 55.2 Å². The van der Waals surface area contributed by atoms with E-state index in [2.05, 4.69) is 20.9 Å². The second kappa shape index (κ2) is 9.15. The number of aryl methyl sites for hydroxylation is 2. The Bertz CT molecular complexity index is 1470. The molecule has 1 aliphatic heterocycles.